The van der Waals surface area contributed by atoms with Gasteiger partial charge in [0.1, 0.15) is 11.6 Å². The lowest BCUT2D eigenvalue weighted by Gasteiger charge is -2.28. The number of aromatic amines is 1. The number of rotatable bonds is 5. The number of fused-ring (bicyclic) bond motifs is 1. The Kier molecular flexibility index (Phi) is 5.66. The topological polar surface area (TPSA) is 86.4 Å². The molecule has 0 bridgehead atoms. The molecule has 4 aromatic rings. The number of H-pyrrole nitrogens is 1. The van der Waals surface area contributed by atoms with Crippen molar-refractivity contribution in [1.29, 1.82) is 0 Å². The summed E-state index contributed by atoms with van der Waals surface area (Å²) in [5.41, 5.74) is 3.27. The standard InChI is InChI=1S/C25H26N6O2/c1-30(2)22-5-3-4-20(28-22)21-16-17-10-11-26-25(32)23(17)24(29-21)27-18-6-8-19(9-7-18)31-12-14-33-15-13-31/h3-11,16H,12-15H2,1-2H3,(H,26,32)(H,27,29). The van der Waals surface area contributed by atoms with E-state index >= 15 is 0 Å². The Labute approximate surface area is 191 Å². The first-order chi connectivity index (χ1) is 16.1. The first-order valence-electron chi connectivity index (χ1n) is 11.0. The molecule has 0 unspecified atom stereocenters. The SMILES string of the molecule is CN(C)c1cccc(-c2cc3cc[nH]c(=O)c3c(Nc3ccc(N4CCOCC4)cc3)n2)n1. The molecule has 4 heterocycles. The summed E-state index contributed by atoms with van der Waals surface area (Å²) in [5.74, 6) is 1.34. The molecule has 1 aliphatic rings. The lowest BCUT2D eigenvalue weighted by molar-refractivity contribution is 0.122. The fourth-order valence-electron chi connectivity index (χ4n) is 3.96. The van der Waals surface area contributed by atoms with E-state index < -0.39 is 0 Å². The second kappa shape index (κ2) is 8.91. The average Bonchev–Trinajstić information content (AvgIpc) is 2.85. The molecule has 0 saturated carbocycles. The summed E-state index contributed by atoms with van der Waals surface area (Å²) in [5, 5.41) is 4.67. The molecule has 0 aliphatic carbocycles. The Balaban J connectivity index is 1.53. The molecule has 1 aromatic carbocycles. The van der Waals surface area contributed by atoms with Crippen LogP contribution >= 0.6 is 0 Å². The lowest BCUT2D eigenvalue weighted by Crippen LogP contribution is -2.36. The molecule has 168 valence electrons. The number of pyridine rings is 3. The average molecular weight is 443 g/mol. The number of benzene rings is 1. The largest absolute Gasteiger partial charge is 0.378 e. The van der Waals surface area contributed by atoms with Gasteiger partial charge in [-0.15, -0.1) is 0 Å². The number of nitrogens with zero attached hydrogens (tertiary/aromatic N) is 4. The minimum absolute atomic E-state index is 0.186. The predicted octanol–water partition coefficient (Wildman–Crippen LogP) is 3.63. The van der Waals surface area contributed by atoms with Crippen LogP contribution in [0, 0.1) is 0 Å². The van der Waals surface area contributed by atoms with E-state index in [1.54, 1.807) is 6.20 Å². The van der Waals surface area contributed by atoms with Crippen molar-refractivity contribution in [3.05, 3.63) is 71.1 Å². The van der Waals surface area contributed by atoms with E-state index in [0.29, 0.717) is 16.9 Å². The predicted molar refractivity (Wildman–Crippen MR) is 133 cm³/mol. The third kappa shape index (κ3) is 4.38. The number of hydrogen-bond acceptors (Lipinski definition) is 7. The minimum atomic E-state index is -0.186. The summed E-state index contributed by atoms with van der Waals surface area (Å²) in [6.07, 6.45) is 1.65. The highest BCUT2D eigenvalue weighted by atomic mass is 16.5. The van der Waals surface area contributed by atoms with Crippen molar-refractivity contribution in [1.82, 2.24) is 15.0 Å². The fourth-order valence-corrected chi connectivity index (χ4v) is 3.96. The smallest absolute Gasteiger partial charge is 0.259 e. The van der Waals surface area contributed by atoms with Crippen LogP contribution in [0.5, 0.6) is 0 Å². The molecule has 0 amide bonds. The first kappa shape index (κ1) is 21.0. The second-order valence-corrected chi connectivity index (χ2v) is 8.17. The molecule has 1 aliphatic heterocycles. The zero-order chi connectivity index (χ0) is 22.8. The molecule has 2 N–H and O–H groups in total. The Morgan fingerprint density at radius 3 is 2.55 bits per heavy atom. The number of hydrogen-bond donors (Lipinski definition) is 2. The Hall–Kier alpha value is -3.91. The van der Waals surface area contributed by atoms with Gasteiger partial charge in [-0.25, -0.2) is 9.97 Å². The second-order valence-electron chi connectivity index (χ2n) is 8.17. The van der Waals surface area contributed by atoms with Crippen LogP contribution in [0.2, 0.25) is 0 Å². The molecule has 8 heteroatoms. The van der Waals surface area contributed by atoms with Crippen molar-refractivity contribution in [3.8, 4) is 11.4 Å². The molecular weight excluding hydrogens is 416 g/mol. The monoisotopic (exact) mass is 442 g/mol. The number of morpholine rings is 1. The number of anilines is 4. The van der Waals surface area contributed by atoms with E-state index in [1.807, 2.05) is 61.5 Å². The van der Waals surface area contributed by atoms with Gasteiger partial charge < -0.3 is 24.8 Å². The highest BCUT2D eigenvalue weighted by Gasteiger charge is 2.14. The van der Waals surface area contributed by atoms with E-state index in [-0.39, 0.29) is 5.56 Å². The summed E-state index contributed by atoms with van der Waals surface area (Å²) < 4.78 is 5.44. The molecule has 5 rings (SSSR count). The maximum absolute atomic E-state index is 12.7. The highest BCUT2D eigenvalue weighted by Crippen LogP contribution is 2.28. The van der Waals surface area contributed by atoms with Gasteiger partial charge in [0.2, 0.25) is 0 Å². The minimum Gasteiger partial charge on any atom is -0.378 e. The maximum atomic E-state index is 12.7. The van der Waals surface area contributed by atoms with E-state index in [0.717, 1.165) is 54.6 Å². The molecule has 0 atom stereocenters. The third-order valence-electron chi connectivity index (χ3n) is 5.72. The quantitative estimate of drug-likeness (QED) is 0.488. The van der Waals surface area contributed by atoms with Gasteiger partial charge in [0.05, 0.1) is 30.0 Å². The van der Waals surface area contributed by atoms with E-state index in [1.165, 1.54) is 0 Å². The van der Waals surface area contributed by atoms with Crippen LogP contribution in [0.3, 0.4) is 0 Å². The van der Waals surface area contributed by atoms with Gasteiger partial charge in [0.15, 0.2) is 0 Å². The summed E-state index contributed by atoms with van der Waals surface area (Å²) in [6, 6.07) is 17.8. The van der Waals surface area contributed by atoms with Gasteiger partial charge in [0, 0.05) is 44.8 Å². The van der Waals surface area contributed by atoms with Crippen LogP contribution in [0.1, 0.15) is 0 Å². The van der Waals surface area contributed by atoms with Gasteiger partial charge in [-0.1, -0.05) is 6.07 Å². The number of nitrogens with one attached hydrogen (secondary N) is 2. The summed E-state index contributed by atoms with van der Waals surface area (Å²) >= 11 is 0. The first-order valence-corrected chi connectivity index (χ1v) is 11.0. The summed E-state index contributed by atoms with van der Waals surface area (Å²) in [7, 11) is 3.90. The number of ether oxygens (including phenoxy) is 1. The molecule has 0 radical (unpaired) electrons. The van der Waals surface area contributed by atoms with Crippen LogP contribution in [0.25, 0.3) is 22.2 Å². The molecular formula is C25H26N6O2. The Morgan fingerprint density at radius 1 is 1.00 bits per heavy atom. The van der Waals surface area contributed by atoms with E-state index in [9.17, 15) is 4.79 Å². The van der Waals surface area contributed by atoms with Crippen LogP contribution < -0.4 is 20.7 Å². The molecule has 0 spiro atoms. The van der Waals surface area contributed by atoms with Gasteiger partial charge in [-0.05, 0) is 53.9 Å². The van der Waals surface area contributed by atoms with Crippen molar-refractivity contribution >= 4 is 33.8 Å². The van der Waals surface area contributed by atoms with E-state index in [4.69, 9.17) is 14.7 Å². The van der Waals surface area contributed by atoms with Gasteiger partial charge >= 0.3 is 0 Å². The van der Waals surface area contributed by atoms with Crippen molar-refractivity contribution < 1.29 is 4.74 Å². The van der Waals surface area contributed by atoms with Crippen molar-refractivity contribution in [2.75, 3.05) is 55.5 Å². The molecule has 33 heavy (non-hydrogen) atoms. The van der Waals surface area contributed by atoms with Crippen LogP contribution in [-0.4, -0.2) is 55.4 Å². The zero-order valence-electron chi connectivity index (χ0n) is 18.7. The normalized spacial score (nSPS) is 13.8. The van der Waals surface area contributed by atoms with E-state index in [2.05, 4.69) is 27.3 Å². The molecule has 8 nitrogen and oxygen atoms in total. The highest BCUT2D eigenvalue weighted by molar-refractivity contribution is 5.95. The number of aromatic nitrogens is 3. The van der Waals surface area contributed by atoms with Gasteiger partial charge in [-0.2, -0.15) is 0 Å². The molecule has 1 fully saturated rings. The Bertz CT molecular complexity index is 1330. The lowest BCUT2D eigenvalue weighted by atomic mass is 10.1. The summed E-state index contributed by atoms with van der Waals surface area (Å²) in [6.45, 7) is 3.26. The van der Waals surface area contributed by atoms with Crippen LogP contribution in [-0.2, 0) is 4.74 Å². The molecule has 1 saturated heterocycles. The maximum Gasteiger partial charge on any atom is 0.259 e. The third-order valence-corrected chi connectivity index (χ3v) is 5.72. The van der Waals surface area contributed by atoms with Crippen molar-refractivity contribution in [3.63, 3.8) is 0 Å². The summed E-state index contributed by atoms with van der Waals surface area (Å²) in [4.78, 5) is 29.2. The fraction of sp³-hybridized carbons (Fsp3) is 0.240. The van der Waals surface area contributed by atoms with Crippen molar-refractivity contribution in [2.45, 2.75) is 0 Å². The Morgan fingerprint density at radius 2 is 1.79 bits per heavy atom. The van der Waals surface area contributed by atoms with Crippen LogP contribution in [0.4, 0.5) is 23.0 Å². The van der Waals surface area contributed by atoms with Crippen molar-refractivity contribution in [2.24, 2.45) is 0 Å². The van der Waals surface area contributed by atoms with Gasteiger partial charge in [0.25, 0.3) is 5.56 Å². The molecule has 3 aromatic heterocycles. The zero-order valence-corrected chi connectivity index (χ0v) is 18.7. The van der Waals surface area contributed by atoms with Crippen LogP contribution in [0.15, 0.2) is 65.6 Å². The van der Waals surface area contributed by atoms with Gasteiger partial charge in [-0.3, -0.25) is 4.79 Å².